The minimum absolute atomic E-state index is 0.256. The lowest BCUT2D eigenvalue weighted by Crippen LogP contribution is -2.15. The first kappa shape index (κ1) is 15.5. The molecule has 0 unspecified atom stereocenters. The van der Waals surface area contributed by atoms with Crippen molar-refractivity contribution in [1.82, 2.24) is 0 Å². The smallest absolute Gasteiger partial charge is 0.259 e. The summed E-state index contributed by atoms with van der Waals surface area (Å²) in [4.78, 5) is 14.1. The molecule has 0 aliphatic heterocycles. The molecule has 0 spiro atoms. The highest BCUT2D eigenvalue weighted by atomic mass is 35.5. The van der Waals surface area contributed by atoms with E-state index in [1.54, 1.807) is 30.3 Å². The van der Waals surface area contributed by atoms with Crippen molar-refractivity contribution in [1.29, 1.82) is 0 Å². The highest BCUT2D eigenvalue weighted by Gasteiger charge is 2.14. The summed E-state index contributed by atoms with van der Waals surface area (Å²) in [5, 5.41) is 3.60. The molecule has 4 nitrogen and oxygen atoms in total. The van der Waals surface area contributed by atoms with Crippen LogP contribution in [-0.2, 0) is 0 Å². The highest BCUT2D eigenvalue weighted by molar-refractivity contribution is 6.35. The second-order valence-corrected chi connectivity index (χ2v) is 5.53. The van der Waals surface area contributed by atoms with Crippen molar-refractivity contribution in [3.05, 3.63) is 52.0 Å². The minimum atomic E-state index is -0.369. The number of halogens is 2. The van der Waals surface area contributed by atoms with Gasteiger partial charge in [-0.3, -0.25) is 4.79 Å². The Kier molecular flexibility index (Phi) is 4.60. The normalized spacial score (nSPS) is 10.3. The predicted octanol–water partition coefficient (Wildman–Crippen LogP) is 3.89. The molecule has 0 heterocycles. The van der Waals surface area contributed by atoms with Gasteiger partial charge in [-0.15, -0.1) is 0 Å². The van der Waals surface area contributed by atoms with Crippen molar-refractivity contribution in [2.24, 2.45) is 0 Å². The highest BCUT2D eigenvalue weighted by Crippen LogP contribution is 2.28. The molecule has 0 fully saturated rings. The zero-order valence-electron chi connectivity index (χ0n) is 11.7. The van der Waals surface area contributed by atoms with Gasteiger partial charge < -0.3 is 16.0 Å². The van der Waals surface area contributed by atoms with Gasteiger partial charge >= 0.3 is 0 Å². The summed E-state index contributed by atoms with van der Waals surface area (Å²) in [6.07, 6.45) is 0. The molecule has 0 bridgehead atoms. The van der Waals surface area contributed by atoms with Crippen molar-refractivity contribution in [2.45, 2.75) is 0 Å². The maximum absolute atomic E-state index is 12.3. The topological polar surface area (TPSA) is 58.4 Å². The molecule has 2 aromatic carbocycles. The maximum atomic E-state index is 12.3. The molecule has 3 N–H and O–H groups in total. The van der Waals surface area contributed by atoms with E-state index in [9.17, 15) is 4.79 Å². The molecular formula is C15H15Cl2N3O. The summed E-state index contributed by atoms with van der Waals surface area (Å²) < 4.78 is 0. The molecule has 21 heavy (non-hydrogen) atoms. The van der Waals surface area contributed by atoms with Crippen LogP contribution in [0.25, 0.3) is 0 Å². The molecule has 6 heteroatoms. The van der Waals surface area contributed by atoms with Crippen molar-refractivity contribution in [2.75, 3.05) is 30.0 Å². The second-order valence-electron chi connectivity index (χ2n) is 4.72. The number of nitrogens with two attached hydrogens (primary N) is 1. The van der Waals surface area contributed by atoms with Gasteiger partial charge in [-0.1, -0.05) is 29.3 Å². The molecule has 0 aromatic heterocycles. The Balaban J connectivity index is 2.26. The number of nitrogen functional groups attached to an aromatic ring is 1. The van der Waals surface area contributed by atoms with E-state index < -0.39 is 0 Å². The third kappa shape index (κ3) is 3.40. The number of hydrogen-bond acceptors (Lipinski definition) is 3. The van der Waals surface area contributed by atoms with E-state index in [4.69, 9.17) is 28.9 Å². The molecule has 110 valence electrons. The number of hydrogen-bond donors (Lipinski definition) is 2. The fourth-order valence-corrected chi connectivity index (χ4v) is 2.54. The number of rotatable bonds is 3. The van der Waals surface area contributed by atoms with Crippen LogP contribution in [0.2, 0.25) is 10.0 Å². The lowest BCUT2D eigenvalue weighted by molar-refractivity contribution is 0.102. The van der Waals surface area contributed by atoms with Gasteiger partial charge in [0.2, 0.25) is 0 Å². The summed E-state index contributed by atoms with van der Waals surface area (Å²) in [7, 11) is 3.79. The Morgan fingerprint density at radius 1 is 1.14 bits per heavy atom. The van der Waals surface area contributed by atoms with Crippen molar-refractivity contribution in [3.8, 4) is 0 Å². The van der Waals surface area contributed by atoms with Gasteiger partial charge in [-0.2, -0.15) is 0 Å². The predicted molar refractivity (Wildman–Crippen MR) is 89.6 cm³/mol. The monoisotopic (exact) mass is 323 g/mol. The standard InChI is InChI=1S/C15H15Cl2N3O/c1-20(2)13-7-6-9(8-11(13)17)19-15(21)14-10(16)4-3-5-12(14)18/h3-8H,18H2,1-2H3,(H,19,21). The van der Waals surface area contributed by atoms with Crippen LogP contribution in [0, 0.1) is 0 Å². The van der Waals surface area contributed by atoms with Crippen molar-refractivity contribution < 1.29 is 4.79 Å². The van der Waals surface area contributed by atoms with Crippen LogP contribution in [-0.4, -0.2) is 20.0 Å². The Hall–Kier alpha value is -1.91. The molecule has 0 saturated carbocycles. The maximum Gasteiger partial charge on any atom is 0.259 e. The quantitative estimate of drug-likeness (QED) is 0.842. The first-order chi connectivity index (χ1) is 9.90. The Labute approximate surface area is 133 Å². The number of nitrogens with one attached hydrogen (secondary N) is 1. The fraction of sp³-hybridized carbons (Fsp3) is 0.133. The summed E-state index contributed by atoms with van der Waals surface area (Å²) >= 11 is 12.2. The summed E-state index contributed by atoms with van der Waals surface area (Å²) in [5.74, 6) is -0.369. The van der Waals surface area contributed by atoms with Gasteiger partial charge in [0.05, 0.1) is 21.3 Å². The third-order valence-electron chi connectivity index (χ3n) is 2.96. The van der Waals surface area contributed by atoms with Crippen LogP contribution >= 0.6 is 23.2 Å². The molecule has 2 aromatic rings. The Morgan fingerprint density at radius 3 is 2.43 bits per heavy atom. The van der Waals surface area contributed by atoms with Crippen LogP contribution in [0.5, 0.6) is 0 Å². The van der Waals surface area contributed by atoms with Gasteiger partial charge in [0.15, 0.2) is 0 Å². The molecule has 0 saturated heterocycles. The second kappa shape index (κ2) is 6.24. The van der Waals surface area contributed by atoms with Crippen LogP contribution < -0.4 is 16.0 Å². The van der Waals surface area contributed by atoms with E-state index in [0.29, 0.717) is 21.4 Å². The van der Waals surface area contributed by atoms with Gasteiger partial charge in [0.25, 0.3) is 5.91 Å². The lowest BCUT2D eigenvalue weighted by Gasteiger charge is -2.15. The Bertz CT molecular complexity index is 666. The Morgan fingerprint density at radius 2 is 1.86 bits per heavy atom. The number of benzene rings is 2. The molecule has 0 atom stereocenters. The van der Waals surface area contributed by atoms with Gasteiger partial charge in [-0.05, 0) is 30.3 Å². The zero-order valence-corrected chi connectivity index (χ0v) is 13.2. The lowest BCUT2D eigenvalue weighted by atomic mass is 10.1. The summed E-state index contributed by atoms with van der Waals surface area (Å²) in [5.41, 5.74) is 7.82. The molecular weight excluding hydrogens is 309 g/mol. The first-order valence-corrected chi connectivity index (χ1v) is 6.98. The fourth-order valence-electron chi connectivity index (χ4n) is 1.92. The number of amides is 1. The summed E-state index contributed by atoms with van der Waals surface area (Å²) in [6, 6.07) is 10.2. The van der Waals surface area contributed by atoms with E-state index in [1.165, 1.54) is 0 Å². The van der Waals surface area contributed by atoms with Crippen LogP contribution in [0.15, 0.2) is 36.4 Å². The van der Waals surface area contributed by atoms with Crippen molar-refractivity contribution >= 4 is 46.2 Å². The van der Waals surface area contributed by atoms with Crippen LogP contribution in [0.1, 0.15) is 10.4 Å². The first-order valence-electron chi connectivity index (χ1n) is 6.22. The van der Waals surface area contributed by atoms with Gasteiger partial charge in [0.1, 0.15) is 0 Å². The van der Waals surface area contributed by atoms with E-state index in [0.717, 1.165) is 5.69 Å². The number of carbonyl (C=O) groups excluding carboxylic acids is 1. The van der Waals surface area contributed by atoms with E-state index in [2.05, 4.69) is 5.32 Å². The van der Waals surface area contributed by atoms with Crippen molar-refractivity contribution in [3.63, 3.8) is 0 Å². The average molecular weight is 324 g/mol. The zero-order chi connectivity index (χ0) is 15.6. The largest absolute Gasteiger partial charge is 0.398 e. The minimum Gasteiger partial charge on any atom is -0.398 e. The van der Waals surface area contributed by atoms with Crippen LogP contribution in [0.4, 0.5) is 17.1 Å². The molecule has 0 radical (unpaired) electrons. The van der Waals surface area contributed by atoms with E-state index in [-0.39, 0.29) is 11.5 Å². The summed E-state index contributed by atoms with van der Waals surface area (Å²) in [6.45, 7) is 0. The van der Waals surface area contributed by atoms with E-state index in [1.807, 2.05) is 25.1 Å². The molecule has 0 aliphatic carbocycles. The number of nitrogens with zero attached hydrogens (tertiary/aromatic N) is 1. The molecule has 1 amide bonds. The number of anilines is 3. The third-order valence-corrected chi connectivity index (χ3v) is 3.58. The van der Waals surface area contributed by atoms with Crippen LogP contribution in [0.3, 0.4) is 0 Å². The van der Waals surface area contributed by atoms with E-state index >= 15 is 0 Å². The molecule has 2 rings (SSSR count). The van der Waals surface area contributed by atoms with Gasteiger partial charge in [0, 0.05) is 25.5 Å². The van der Waals surface area contributed by atoms with Gasteiger partial charge in [-0.25, -0.2) is 0 Å². The SMILES string of the molecule is CN(C)c1ccc(NC(=O)c2c(N)cccc2Cl)cc1Cl. The molecule has 0 aliphatic rings. The number of carbonyl (C=O) groups is 1. The average Bonchev–Trinajstić information content (AvgIpc) is 2.37.